The van der Waals surface area contributed by atoms with Gasteiger partial charge in [0.25, 0.3) is 0 Å². The van der Waals surface area contributed by atoms with Crippen molar-refractivity contribution in [1.29, 1.82) is 5.26 Å². The summed E-state index contributed by atoms with van der Waals surface area (Å²) in [7, 11) is 1.28. The maximum atomic E-state index is 12.0. The summed E-state index contributed by atoms with van der Waals surface area (Å²) in [4.78, 5) is 12.0. The molecule has 2 N–H and O–H groups in total. The number of hydrogen-bond donors (Lipinski definition) is 1. The molecule has 0 unspecified atom stereocenters. The van der Waals surface area contributed by atoms with Crippen LogP contribution in [0.25, 0.3) is 16.8 Å². The second-order valence-electron chi connectivity index (χ2n) is 5.33. The highest BCUT2D eigenvalue weighted by Gasteiger charge is 2.21. The summed E-state index contributed by atoms with van der Waals surface area (Å²) in [5.74, 6) is -0.587. The first kappa shape index (κ1) is 16.8. The molecule has 5 nitrogen and oxygen atoms in total. The molecule has 0 bridgehead atoms. The third kappa shape index (κ3) is 3.14. The van der Waals surface area contributed by atoms with Crippen LogP contribution in [0.3, 0.4) is 0 Å². The minimum absolute atomic E-state index is 0.117. The minimum atomic E-state index is -0.587. The molecule has 0 saturated carbocycles. The number of carbonyl (C=O) groups excluding carboxylic acids is 1. The van der Waals surface area contributed by atoms with Crippen molar-refractivity contribution in [3.63, 3.8) is 0 Å². The molecule has 0 saturated heterocycles. The van der Waals surface area contributed by atoms with Crippen LogP contribution in [-0.4, -0.2) is 17.6 Å². The molecule has 6 heteroatoms. The zero-order chi connectivity index (χ0) is 18.0. The molecule has 0 fully saturated rings. The van der Waals surface area contributed by atoms with Crippen molar-refractivity contribution < 1.29 is 9.53 Å². The summed E-state index contributed by atoms with van der Waals surface area (Å²) >= 11 is 3.42. The summed E-state index contributed by atoms with van der Waals surface area (Å²) in [5, 5.41) is 9.17. The SMILES string of the molecule is COC(=O)c1c(N)c(C#N)cn1-c1ccc(-c2ccc(Br)cc2)cc1. The van der Waals surface area contributed by atoms with Gasteiger partial charge >= 0.3 is 5.97 Å². The molecule has 0 atom stereocenters. The van der Waals surface area contributed by atoms with Crippen LogP contribution in [0.1, 0.15) is 16.1 Å². The van der Waals surface area contributed by atoms with Crippen molar-refractivity contribution >= 4 is 27.6 Å². The molecule has 0 aliphatic rings. The minimum Gasteiger partial charge on any atom is -0.464 e. The normalized spacial score (nSPS) is 10.3. The lowest BCUT2D eigenvalue weighted by molar-refractivity contribution is 0.0593. The van der Waals surface area contributed by atoms with E-state index in [1.54, 1.807) is 4.57 Å². The van der Waals surface area contributed by atoms with E-state index in [2.05, 4.69) is 15.9 Å². The number of benzene rings is 2. The molecule has 0 aliphatic heterocycles. The van der Waals surface area contributed by atoms with Crippen LogP contribution in [0.15, 0.2) is 59.2 Å². The number of nitrogen functional groups attached to an aromatic ring is 1. The molecular formula is C19H14BrN3O2. The molecule has 1 aromatic heterocycles. The molecule has 25 heavy (non-hydrogen) atoms. The van der Waals surface area contributed by atoms with Gasteiger partial charge in [-0.2, -0.15) is 5.26 Å². The fraction of sp³-hybridized carbons (Fsp3) is 0.0526. The lowest BCUT2D eigenvalue weighted by atomic mass is 10.1. The quantitative estimate of drug-likeness (QED) is 0.675. The molecule has 3 rings (SSSR count). The number of ether oxygens (including phenoxy) is 1. The standard InChI is InChI=1S/C19H14BrN3O2/c1-25-19(24)18-17(22)14(10-21)11-23(18)16-8-4-13(5-9-16)12-2-6-15(20)7-3-12/h2-9,11H,22H2,1H3. The van der Waals surface area contributed by atoms with Gasteiger partial charge in [-0.1, -0.05) is 40.2 Å². The van der Waals surface area contributed by atoms with Crippen molar-refractivity contribution in [2.45, 2.75) is 0 Å². The molecule has 0 amide bonds. The summed E-state index contributed by atoms with van der Waals surface area (Å²) in [6.07, 6.45) is 1.54. The second kappa shape index (κ2) is 6.83. The number of nitriles is 1. The number of halogens is 1. The number of anilines is 1. The Balaban J connectivity index is 2.04. The maximum absolute atomic E-state index is 12.0. The Morgan fingerprint density at radius 1 is 1.12 bits per heavy atom. The number of nitrogens with zero attached hydrogens (tertiary/aromatic N) is 2. The second-order valence-corrected chi connectivity index (χ2v) is 6.25. The summed E-state index contributed by atoms with van der Waals surface area (Å²) in [6.45, 7) is 0. The zero-order valence-corrected chi connectivity index (χ0v) is 14.9. The van der Waals surface area contributed by atoms with Crippen molar-refractivity contribution in [3.8, 4) is 22.9 Å². The topological polar surface area (TPSA) is 81.0 Å². The molecule has 3 aromatic rings. The fourth-order valence-corrected chi connectivity index (χ4v) is 2.84. The largest absolute Gasteiger partial charge is 0.464 e. The van der Waals surface area contributed by atoms with Gasteiger partial charge in [0.2, 0.25) is 0 Å². The average Bonchev–Trinajstić information content (AvgIpc) is 2.98. The van der Waals surface area contributed by atoms with Gasteiger partial charge in [-0.3, -0.25) is 0 Å². The first-order valence-electron chi connectivity index (χ1n) is 7.40. The predicted octanol–water partition coefficient (Wildman–Crippen LogP) is 4.15. The van der Waals surface area contributed by atoms with E-state index in [9.17, 15) is 10.1 Å². The van der Waals surface area contributed by atoms with E-state index in [4.69, 9.17) is 10.5 Å². The molecular weight excluding hydrogens is 382 g/mol. The highest BCUT2D eigenvalue weighted by molar-refractivity contribution is 9.10. The van der Waals surface area contributed by atoms with Crippen LogP contribution in [0.4, 0.5) is 5.69 Å². The van der Waals surface area contributed by atoms with E-state index >= 15 is 0 Å². The van der Waals surface area contributed by atoms with Gasteiger partial charge in [-0.15, -0.1) is 0 Å². The Morgan fingerprint density at radius 2 is 1.68 bits per heavy atom. The molecule has 0 radical (unpaired) electrons. The number of rotatable bonds is 3. The van der Waals surface area contributed by atoms with Crippen LogP contribution in [0, 0.1) is 11.3 Å². The van der Waals surface area contributed by atoms with E-state index in [1.807, 2.05) is 54.6 Å². The van der Waals surface area contributed by atoms with E-state index in [0.29, 0.717) is 0 Å². The third-order valence-corrected chi connectivity index (χ3v) is 4.40. The summed E-state index contributed by atoms with van der Waals surface area (Å²) in [6, 6.07) is 17.6. The lowest BCUT2D eigenvalue weighted by Crippen LogP contribution is -2.11. The lowest BCUT2D eigenvalue weighted by Gasteiger charge is -2.09. The monoisotopic (exact) mass is 395 g/mol. The molecule has 1 heterocycles. The molecule has 0 spiro atoms. The number of esters is 1. The first-order valence-corrected chi connectivity index (χ1v) is 8.20. The van der Waals surface area contributed by atoms with Crippen molar-refractivity contribution in [3.05, 3.63) is 70.5 Å². The van der Waals surface area contributed by atoms with Gasteiger partial charge in [0.15, 0.2) is 5.69 Å². The van der Waals surface area contributed by atoms with Gasteiger partial charge < -0.3 is 15.0 Å². The van der Waals surface area contributed by atoms with Crippen LogP contribution in [0.2, 0.25) is 0 Å². The summed E-state index contributed by atoms with van der Waals surface area (Å²) < 4.78 is 7.38. The Bertz CT molecular complexity index is 968. The van der Waals surface area contributed by atoms with Gasteiger partial charge in [0.05, 0.1) is 18.4 Å². The van der Waals surface area contributed by atoms with Crippen LogP contribution in [0.5, 0.6) is 0 Å². The van der Waals surface area contributed by atoms with Gasteiger partial charge in [-0.25, -0.2) is 4.79 Å². The predicted molar refractivity (Wildman–Crippen MR) is 99.4 cm³/mol. The number of aromatic nitrogens is 1. The van der Waals surface area contributed by atoms with Gasteiger partial charge in [0.1, 0.15) is 6.07 Å². The molecule has 124 valence electrons. The average molecular weight is 396 g/mol. The highest BCUT2D eigenvalue weighted by atomic mass is 79.9. The Hall–Kier alpha value is -3.04. The zero-order valence-electron chi connectivity index (χ0n) is 13.4. The number of methoxy groups -OCH3 is 1. The Morgan fingerprint density at radius 3 is 2.20 bits per heavy atom. The third-order valence-electron chi connectivity index (χ3n) is 3.87. The van der Waals surface area contributed by atoms with E-state index in [-0.39, 0.29) is 16.9 Å². The number of nitrogens with two attached hydrogens (primary N) is 1. The van der Waals surface area contributed by atoms with Gasteiger partial charge in [-0.05, 0) is 35.4 Å². The maximum Gasteiger partial charge on any atom is 0.357 e. The van der Waals surface area contributed by atoms with Crippen molar-refractivity contribution in [2.75, 3.05) is 12.8 Å². The smallest absolute Gasteiger partial charge is 0.357 e. The first-order chi connectivity index (χ1) is 12.0. The number of hydrogen-bond acceptors (Lipinski definition) is 4. The van der Waals surface area contributed by atoms with Crippen molar-refractivity contribution in [2.24, 2.45) is 0 Å². The summed E-state index contributed by atoms with van der Waals surface area (Å²) in [5.41, 5.74) is 9.25. The molecule has 2 aromatic carbocycles. The fourth-order valence-electron chi connectivity index (χ4n) is 2.58. The van der Waals surface area contributed by atoms with E-state index < -0.39 is 5.97 Å². The van der Waals surface area contributed by atoms with Gasteiger partial charge in [0, 0.05) is 16.4 Å². The van der Waals surface area contributed by atoms with E-state index in [1.165, 1.54) is 13.3 Å². The Kier molecular flexibility index (Phi) is 4.59. The van der Waals surface area contributed by atoms with Crippen LogP contribution in [-0.2, 0) is 4.74 Å². The molecule has 0 aliphatic carbocycles. The Labute approximate surface area is 153 Å². The highest BCUT2D eigenvalue weighted by Crippen LogP contribution is 2.27. The van der Waals surface area contributed by atoms with Crippen molar-refractivity contribution in [1.82, 2.24) is 4.57 Å². The van der Waals surface area contributed by atoms with Crippen LogP contribution >= 0.6 is 15.9 Å². The van der Waals surface area contributed by atoms with Crippen LogP contribution < -0.4 is 5.73 Å². The number of carbonyl (C=O) groups is 1. The van der Waals surface area contributed by atoms with E-state index in [0.717, 1.165) is 21.3 Å².